The lowest BCUT2D eigenvalue weighted by Crippen LogP contribution is -2.43. The quantitative estimate of drug-likeness (QED) is 0.758. The van der Waals surface area contributed by atoms with Crippen LogP contribution in [0.15, 0.2) is 0 Å². The second kappa shape index (κ2) is 4.93. The Morgan fingerprint density at radius 1 is 1.17 bits per heavy atom. The van der Waals surface area contributed by atoms with E-state index in [1.54, 1.807) is 0 Å². The van der Waals surface area contributed by atoms with Crippen LogP contribution in [0.5, 0.6) is 0 Å². The van der Waals surface area contributed by atoms with Crippen molar-refractivity contribution in [1.29, 1.82) is 0 Å². The molecule has 1 saturated carbocycles. The molecule has 0 N–H and O–H groups in total. The third-order valence-corrected chi connectivity index (χ3v) is 5.08. The van der Waals surface area contributed by atoms with Gasteiger partial charge in [-0.1, -0.05) is 19.8 Å². The molecule has 3 heteroatoms. The van der Waals surface area contributed by atoms with Gasteiger partial charge in [-0.3, -0.25) is 4.79 Å². The Kier molecular flexibility index (Phi) is 3.46. The molecule has 3 rings (SSSR count). The maximum Gasteiger partial charge on any atom is 0.165 e. The third-order valence-electron chi connectivity index (χ3n) is 5.08. The lowest BCUT2D eigenvalue weighted by Gasteiger charge is -2.38. The summed E-state index contributed by atoms with van der Waals surface area (Å²) in [7, 11) is 0. The fourth-order valence-electron chi connectivity index (χ4n) is 3.93. The molecule has 2 aliphatic heterocycles. The van der Waals surface area contributed by atoms with Crippen LogP contribution in [0.2, 0.25) is 0 Å². The summed E-state index contributed by atoms with van der Waals surface area (Å²) >= 11 is 0. The van der Waals surface area contributed by atoms with Gasteiger partial charge in [-0.25, -0.2) is 0 Å². The van der Waals surface area contributed by atoms with Crippen molar-refractivity contribution in [3.8, 4) is 0 Å². The molecule has 0 aromatic heterocycles. The molecule has 3 fully saturated rings. The van der Waals surface area contributed by atoms with Gasteiger partial charge in [0.2, 0.25) is 0 Å². The molecule has 18 heavy (non-hydrogen) atoms. The van der Waals surface area contributed by atoms with E-state index >= 15 is 0 Å². The van der Waals surface area contributed by atoms with Crippen LogP contribution in [-0.4, -0.2) is 30.7 Å². The first-order valence-electron chi connectivity index (χ1n) is 7.49. The van der Waals surface area contributed by atoms with E-state index in [9.17, 15) is 4.79 Å². The lowest BCUT2D eigenvalue weighted by atomic mass is 9.79. The number of ketones is 1. The summed E-state index contributed by atoms with van der Waals surface area (Å²) in [5.74, 6) is 0.942. The minimum absolute atomic E-state index is 0.0421. The summed E-state index contributed by atoms with van der Waals surface area (Å²) in [5, 5.41) is 0. The van der Waals surface area contributed by atoms with Crippen molar-refractivity contribution in [3.05, 3.63) is 0 Å². The molecule has 0 amide bonds. The predicted molar refractivity (Wildman–Crippen MR) is 68.4 cm³/mol. The Morgan fingerprint density at radius 3 is 2.61 bits per heavy atom. The molecule has 1 aliphatic carbocycles. The molecule has 0 bridgehead atoms. The van der Waals surface area contributed by atoms with Crippen LogP contribution < -0.4 is 0 Å². The second-order valence-electron chi connectivity index (χ2n) is 6.39. The number of ether oxygens (including phenoxy) is 2. The molecule has 0 aromatic rings. The summed E-state index contributed by atoms with van der Waals surface area (Å²) in [6, 6.07) is 0. The second-order valence-corrected chi connectivity index (χ2v) is 6.39. The van der Waals surface area contributed by atoms with E-state index in [0.29, 0.717) is 11.7 Å². The monoisotopic (exact) mass is 252 g/mol. The molecule has 1 spiro atoms. The SMILES string of the molecule is CC1CCOC1C(=O)C1CCOC2(CCCC2)C1. The molecular weight excluding hydrogens is 228 g/mol. The molecule has 0 radical (unpaired) electrons. The molecule has 0 aromatic carbocycles. The van der Waals surface area contributed by atoms with Gasteiger partial charge in [-0.2, -0.15) is 0 Å². The first-order chi connectivity index (χ1) is 8.70. The van der Waals surface area contributed by atoms with Crippen molar-refractivity contribution >= 4 is 5.78 Å². The van der Waals surface area contributed by atoms with Crippen molar-refractivity contribution in [2.75, 3.05) is 13.2 Å². The van der Waals surface area contributed by atoms with Gasteiger partial charge >= 0.3 is 0 Å². The first-order valence-corrected chi connectivity index (χ1v) is 7.49. The molecule has 3 nitrogen and oxygen atoms in total. The van der Waals surface area contributed by atoms with Crippen LogP contribution >= 0.6 is 0 Å². The maximum atomic E-state index is 12.6. The highest BCUT2D eigenvalue weighted by Crippen LogP contribution is 2.43. The van der Waals surface area contributed by atoms with Gasteiger partial charge in [0, 0.05) is 19.1 Å². The number of Topliss-reactive ketones (excluding diaryl/α,β-unsaturated/α-hetero) is 1. The van der Waals surface area contributed by atoms with Gasteiger partial charge < -0.3 is 9.47 Å². The Hall–Kier alpha value is -0.410. The van der Waals surface area contributed by atoms with E-state index in [1.165, 1.54) is 12.8 Å². The zero-order chi connectivity index (χ0) is 12.6. The number of hydrogen-bond donors (Lipinski definition) is 0. The molecule has 3 atom stereocenters. The van der Waals surface area contributed by atoms with Crippen molar-refractivity contribution in [3.63, 3.8) is 0 Å². The van der Waals surface area contributed by atoms with Gasteiger partial charge in [0.15, 0.2) is 5.78 Å². The van der Waals surface area contributed by atoms with Crippen LogP contribution in [0.1, 0.15) is 51.9 Å². The van der Waals surface area contributed by atoms with Gasteiger partial charge in [0.05, 0.1) is 5.60 Å². The van der Waals surface area contributed by atoms with Crippen LogP contribution in [-0.2, 0) is 14.3 Å². The molecular formula is C15H24O3. The van der Waals surface area contributed by atoms with E-state index in [-0.39, 0.29) is 17.6 Å². The summed E-state index contributed by atoms with van der Waals surface area (Å²) < 4.78 is 11.6. The smallest absolute Gasteiger partial charge is 0.165 e. The average Bonchev–Trinajstić information content (AvgIpc) is 2.98. The van der Waals surface area contributed by atoms with Crippen LogP contribution in [0, 0.1) is 11.8 Å². The first kappa shape index (κ1) is 12.6. The van der Waals surface area contributed by atoms with Crippen molar-refractivity contribution in [2.45, 2.75) is 63.6 Å². The highest BCUT2D eigenvalue weighted by molar-refractivity contribution is 5.86. The molecule has 2 saturated heterocycles. The highest BCUT2D eigenvalue weighted by atomic mass is 16.5. The minimum atomic E-state index is -0.133. The van der Waals surface area contributed by atoms with E-state index in [0.717, 1.165) is 45.3 Å². The van der Waals surface area contributed by atoms with Crippen LogP contribution in [0.25, 0.3) is 0 Å². The number of hydrogen-bond acceptors (Lipinski definition) is 3. The van der Waals surface area contributed by atoms with Crippen LogP contribution in [0.3, 0.4) is 0 Å². The standard InChI is InChI=1S/C15H24O3/c1-11-4-8-17-14(11)13(16)12-5-9-18-15(10-12)6-2-3-7-15/h11-12,14H,2-10H2,1H3. The molecule has 102 valence electrons. The van der Waals surface area contributed by atoms with E-state index in [4.69, 9.17) is 9.47 Å². The van der Waals surface area contributed by atoms with Crippen molar-refractivity contribution in [2.24, 2.45) is 11.8 Å². The normalized spacial score (nSPS) is 39.3. The zero-order valence-electron chi connectivity index (χ0n) is 11.3. The summed E-state index contributed by atoms with van der Waals surface area (Å²) in [5.41, 5.74) is 0.0421. The number of carbonyl (C=O) groups excluding carboxylic acids is 1. The van der Waals surface area contributed by atoms with Crippen molar-refractivity contribution < 1.29 is 14.3 Å². The minimum Gasteiger partial charge on any atom is -0.375 e. The summed E-state index contributed by atoms with van der Waals surface area (Å²) in [6.07, 6.45) is 7.56. The van der Waals surface area contributed by atoms with Crippen molar-refractivity contribution in [1.82, 2.24) is 0 Å². The summed E-state index contributed by atoms with van der Waals surface area (Å²) in [6.45, 7) is 3.66. The summed E-state index contributed by atoms with van der Waals surface area (Å²) in [4.78, 5) is 12.6. The molecule has 3 unspecified atom stereocenters. The number of rotatable bonds is 2. The molecule has 3 aliphatic rings. The Morgan fingerprint density at radius 2 is 1.94 bits per heavy atom. The Balaban J connectivity index is 1.66. The fraction of sp³-hybridized carbons (Fsp3) is 0.933. The van der Waals surface area contributed by atoms with Crippen LogP contribution in [0.4, 0.5) is 0 Å². The third kappa shape index (κ3) is 2.23. The van der Waals surface area contributed by atoms with E-state index < -0.39 is 0 Å². The van der Waals surface area contributed by atoms with Gasteiger partial charge in [-0.05, 0) is 38.0 Å². The fourth-order valence-corrected chi connectivity index (χ4v) is 3.93. The van der Waals surface area contributed by atoms with Gasteiger partial charge in [0.25, 0.3) is 0 Å². The Labute approximate surface area is 109 Å². The average molecular weight is 252 g/mol. The van der Waals surface area contributed by atoms with E-state index in [2.05, 4.69) is 6.92 Å². The zero-order valence-corrected chi connectivity index (χ0v) is 11.3. The lowest BCUT2D eigenvalue weighted by molar-refractivity contribution is -0.145. The largest absolute Gasteiger partial charge is 0.375 e. The maximum absolute atomic E-state index is 12.6. The highest BCUT2D eigenvalue weighted by Gasteiger charge is 2.44. The van der Waals surface area contributed by atoms with Gasteiger partial charge in [0.1, 0.15) is 6.10 Å². The predicted octanol–water partition coefficient (Wildman–Crippen LogP) is 2.72. The number of carbonyl (C=O) groups is 1. The van der Waals surface area contributed by atoms with E-state index in [1.807, 2.05) is 0 Å². The van der Waals surface area contributed by atoms with Gasteiger partial charge in [-0.15, -0.1) is 0 Å². The topological polar surface area (TPSA) is 35.5 Å². The molecule has 2 heterocycles. The Bertz CT molecular complexity index is 320.